The van der Waals surface area contributed by atoms with E-state index < -0.39 is 47.1 Å². The van der Waals surface area contributed by atoms with Crippen LogP contribution in [0.1, 0.15) is 155 Å². The van der Waals surface area contributed by atoms with Gasteiger partial charge in [0, 0.05) is 51.0 Å². The van der Waals surface area contributed by atoms with Crippen molar-refractivity contribution < 1.29 is 61.6 Å². The molecular weight excluding hydrogens is 1040 g/mol. The number of benzene rings is 3. The second kappa shape index (κ2) is 26.8. The molecule has 16 atom stereocenters. The number of carbonyl (C=O) groups is 1. The molecule has 3 aromatic rings. The van der Waals surface area contributed by atoms with Gasteiger partial charge >= 0.3 is 0 Å². The number of allylic oxidation sites excluding steroid dienone is 1. The van der Waals surface area contributed by atoms with Crippen molar-refractivity contribution in [2.45, 2.75) is 242 Å². The number of rotatable bonds is 22. The molecule has 7 heterocycles. The van der Waals surface area contributed by atoms with Gasteiger partial charge in [-0.05, 0) is 126 Å². The van der Waals surface area contributed by atoms with E-state index in [0.29, 0.717) is 70.9 Å². The SMILES string of the molecule is C=C1[C@@H](OCc2ccccc2)[C@@H]2O[C@@](CCC(=O)/C=C/[C@@H](C)[C@@H]3CC(C)=C[C@@]4(O[C@H](C[C@]5(C)COC(C)(C)O5)CC[C@H]4OCc4ccccc4)O3)(OC)CC[C@H]2O[C@@H]1[C@H](C[C@H](C)[C@@H]1CCC[C@@]2(OCCC[C@@H]2C)O1)OCc1ccccc1. The Hall–Kier alpha value is -3.93. The number of ether oxygens (including phenoxy) is 12. The lowest BCUT2D eigenvalue weighted by molar-refractivity contribution is -0.330. The topological polar surface area (TPSA) is 128 Å². The van der Waals surface area contributed by atoms with Gasteiger partial charge in [-0.3, -0.25) is 4.79 Å². The minimum absolute atomic E-state index is 0.0141. The van der Waals surface area contributed by atoms with E-state index in [-0.39, 0.29) is 60.7 Å². The van der Waals surface area contributed by atoms with Crippen molar-refractivity contribution in [1.29, 1.82) is 0 Å². The summed E-state index contributed by atoms with van der Waals surface area (Å²) in [6.07, 6.45) is 13.2. The molecule has 13 heteroatoms. The van der Waals surface area contributed by atoms with Gasteiger partial charge in [-0.2, -0.15) is 0 Å². The van der Waals surface area contributed by atoms with Gasteiger partial charge in [-0.1, -0.05) is 130 Å². The number of hydrogen-bond donors (Lipinski definition) is 0. The summed E-state index contributed by atoms with van der Waals surface area (Å²) >= 11 is 0. The largest absolute Gasteiger partial charge is 0.370 e. The number of fused-ring (bicyclic) bond motifs is 1. The first-order chi connectivity index (χ1) is 39.4. The standard InChI is InChI=1S/C69H94O13/c1-47-39-59(80-69(41-47)61(73-44-53-24-15-11-16-25-53)32-31-56(78-69)42-66(8)46-76-65(6,7)82-66)48(2)29-30-55(70)33-36-67(71-9)37-34-58-64(81-67)63(74-45-54-26-17-12-18-27-54)51(5)62(77-58)60(72-43-52-22-13-10-14-23-52)40-49(3)57-28-19-35-68(79-57)50(4)21-20-38-75-68/h10-18,22-27,29-30,41,48-50,56-64H,5,19-21,28,31-40,42-46H2,1-4,6-9H3/b30-29+/t48-,49+,50+,56+,57+,58-,59+,60+,61-,62+,63-,64-,66-,67-,68-,69-/m1/s1. The van der Waals surface area contributed by atoms with Crippen LogP contribution in [0.4, 0.5) is 0 Å². The Kier molecular flexibility index (Phi) is 20.0. The predicted octanol–water partition coefficient (Wildman–Crippen LogP) is 13.4. The van der Waals surface area contributed by atoms with Crippen molar-refractivity contribution in [3.05, 3.63) is 144 Å². The molecule has 0 aliphatic carbocycles. The Morgan fingerprint density at radius 2 is 1.48 bits per heavy atom. The molecule has 0 N–H and O–H groups in total. The quantitative estimate of drug-likeness (QED) is 0.0700. The van der Waals surface area contributed by atoms with Gasteiger partial charge in [0.15, 0.2) is 23.1 Å². The van der Waals surface area contributed by atoms with Gasteiger partial charge in [-0.25, -0.2) is 0 Å². The first kappa shape index (κ1) is 61.2. The van der Waals surface area contributed by atoms with E-state index in [2.05, 4.69) is 77.1 Å². The monoisotopic (exact) mass is 1130 g/mol. The third-order valence-corrected chi connectivity index (χ3v) is 18.6. The maximum Gasteiger partial charge on any atom is 0.215 e. The highest BCUT2D eigenvalue weighted by atomic mass is 16.8. The van der Waals surface area contributed by atoms with Crippen LogP contribution in [0.5, 0.6) is 0 Å². The smallest absolute Gasteiger partial charge is 0.215 e. The van der Waals surface area contributed by atoms with Crippen LogP contribution in [0.3, 0.4) is 0 Å². The molecule has 0 unspecified atom stereocenters. The first-order valence-electron chi connectivity index (χ1n) is 30.9. The van der Waals surface area contributed by atoms with Crippen LogP contribution >= 0.6 is 0 Å². The lowest BCUT2D eigenvalue weighted by Crippen LogP contribution is -2.61. The highest BCUT2D eigenvalue weighted by Crippen LogP contribution is 2.48. The summed E-state index contributed by atoms with van der Waals surface area (Å²) < 4.78 is 81.5. The number of carbonyl (C=O) groups excluding carboxylic acids is 1. The summed E-state index contributed by atoms with van der Waals surface area (Å²) in [6.45, 7) is 22.0. The van der Waals surface area contributed by atoms with Crippen molar-refractivity contribution >= 4 is 5.78 Å². The van der Waals surface area contributed by atoms with Crippen molar-refractivity contribution in [3.8, 4) is 0 Å². The van der Waals surface area contributed by atoms with E-state index in [1.54, 1.807) is 13.2 Å². The third kappa shape index (κ3) is 14.8. The lowest BCUT2D eigenvalue weighted by atomic mass is 9.81. The van der Waals surface area contributed by atoms with E-state index in [9.17, 15) is 4.79 Å². The summed E-state index contributed by atoms with van der Waals surface area (Å²) in [6, 6.07) is 30.7. The summed E-state index contributed by atoms with van der Waals surface area (Å²) in [7, 11) is 1.67. The van der Waals surface area contributed by atoms with Crippen molar-refractivity contribution in [1.82, 2.24) is 0 Å². The molecule has 13 nitrogen and oxygen atoms in total. The van der Waals surface area contributed by atoms with E-state index >= 15 is 0 Å². The lowest BCUT2D eigenvalue weighted by Gasteiger charge is -2.52. The maximum absolute atomic E-state index is 14.1. The summed E-state index contributed by atoms with van der Waals surface area (Å²) in [5.41, 5.74) is 4.64. The molecule has 6 saturated heterocycles. The Bertz CT molecular complexity index is 2610. The minimum Gasteiger partial charge on any atom is -0.370 e. The minimum atomic E-state index is -1.12. The molecule has 0 amide bonds. The summed E-state index contributed by atoms with van der Waals surface area (Å²) in [4.78, 5) is 14.1. The molecule has 2 spiro atoms. The van der Waals surface area contributed by atoms with Gasteiger partial charge in [0.25, 0.3) is 0 Å². The fraction of sp³-hybridized carbons (Fsp3) is 0.638. The van der Waals surface area contributed by atoms with Crippen LogP contribution in [0.2, 0.25) is 0 Å². The van der Waals surface area contributed by atoms with Crippen LogP contribution in [0.25, 0.3) is 0 Å². The van der Waals surface area contributed by atoms with Gasteiger partial charge in [0.2, 0.25) is 5.79 Å². The Morgan fingerprint density at radius 1 is 0.780 bits per heavy atom. The molecule has 0 aromatic heterocycles. The average molecular weight is 1130 g/mol. The normalized spacial score (nSPS) is 36.0. The van der Waals surface area contributed by atoms with Gasteiger partial charge in [0.05, 0.1) is 69.2 Å². The summed E-state index contributed by atoms with van der Waals surface area (Å²) in [5.74, 6) is -3.03. The zero-order chi connectivity index (χ0) is 57.5. The molecule has 10 rings (SSSR count). The van der Waals surface area contributed by atoms with Crippen LogP contribution in [0, 0.1) is 17.8 Å². The molecule has 3 aromatic carbocycles. The molecule has 82 heavy (non-hydrogen) atoms. The predicted molar refractivity (Wildman–Crippen MR) is 313 cm³/mol. The van der Waals surface area contributed by atoms with Crippen LogP contribution in [0.15, 0.2) is 127 Å². The molecule has 448 valence electrons. The second-order valence-corrected chi connectivity index (χ2v) is 25.7. The second-order valence-electron chi connectivity index (χ2n) is 25.7. The fourth-order valence-electron chi connectivity index (χ4n) is 14.0. The average Bonchev–Trinajstić information content (AvgIpc) is 3.76. The number of hydrogen-bond acceptors (Lipinski definition) is 13. The van der Waals surface area contributed by atoms with Crippen molar-refractivity contribution in [2.75, 3.05) is 20.3 Å². The Morgan fingerprint density at radius 3 is 2.15 bits per heavy atom. The molecular formula is C69H94O13. The first-order valence-corrected chi connectivity index (χ1v) is 30.9. The van der Waals surface area contributed by atoms with Crippen molar-refractivity contribution in [2.24, 2.45) is 17.8 Å². The van der Waals surface area contributed by atoms with Crippen LogP contribution in [-0.4, -0.2) is 110 Å². The van der Waals surface area contributed by atoms with E-state index in [1.165, 1.54) is 0 Å². The molecule has 7 aliphatic rings. The molecule has 0 radical (unpaired) electrons. The van der Waals surface area contributed by atoms with E-state index in [4.69, 9.17) is 63.4 Å². The van der Waals surface area contributed by atoms with Crippen LogP contribution < -0.4 is 0 Å². The van der Waals surface area contributed by atoms with Gasteiger partial charge in [0.1, 0.15) is 24.4 Å². The van der Waals surface area contributed by atoms with E-state index in [1.807, 2.05) is 74.5 Å². The molecule has 0 saturated carbocycles. The molecule has 7 aliphatic heterocycles. The van der Waals surface area contributed by atoms with Crippen molar-refractivity contribution in [3.63, 3.8) is 0 Å². The van der Waals surface area contributed by atoms with E-state index in [0.717, 1.165) is 79.4 Å². The highest BCUT2D eigenvalue weighted by Gasteiger charge is 2.55. The number of methoxy groups -OCH3 is 1. The zero-order valence-corrected chi connectivity index (χ0v) is 50.3. The summed E-state index contributed by atoms with van der Waals surface area (Å²) in [5, 5.41) is 0. The van der Waals surface area contributed by atoms with Gasteiger partial charge < -0.3 is 56.8 Å². The number of ketones is 1. The Balaban J connectivity index is 0.816. The molecule has 0 bridgehead atoms. The highest BCUT2D eigenvalue weighted by molar-refractivity contribution is 5.89. The maximum atomic E-state index is 14.1. The van der Waals surface area contributed by atoms with Gasteiger partial charge in [-0.15, -0.1) is 0 Å². The third-order valence-electron chi connectivity index (χ3n) is 18.6. The zero-order valence-electron chi connectivity index (χ0n) is 50.3. The fourth-order valence-corrected chi connectivity index (χ4v) is 14.0. The molecule has 6 fully saturated rings. The van der Waals surface area contributed by atoms with Crippen LogP contribution in [-0.2, 0) is 81.5 Å². The Labute approximate surface area is 489 Å².